The number of carboxylic acids is 1. The molecule has 0 spiro atoms. The van der Waals surface area contributed by atoms with Crippen molar-refractivity contribution in [3.63, 3.8) is 0 Å². The largest absolute Gasteiger partial charge is 0.480 e. The fourth-order valence-electron chi connectivity index (χ4n) is 3.37. The average molecular weight is 470 g/mol. The van der Waals surface area contributed by atoms with Gasteiger partial charge in [-0.1, -0.05) is 42.5 Å². The summed E-state index contributed by atoms with van der Waals surface area (Å²) in [7, 11) is 0. The summed E-state index contributed by atoms with van der Waals surface area (Å²) >= 11 is 1.34. The van der Waals surface area contributed by atoms with Gasteiger partial charge in [0, 0.05) is 18.2 Å². The molecule has 1 aromatic heterocycles. The molecule has 1 unspecified atom stereocenters. The Kier molecular flexibility index (Phi) is 7.65. The lowest BCUT2D eigenvalue weighted by Gasteiger charge is -2.25. The SMILES string of the molecule is CC(C)(C)OC(=O)N[C@@H](Cc1cccc2ccccc12)C(=O)NC(Cc1cscn1)C(=O)O. The number of aliphatic carboxylic acids is 1. The van der Waals surface area contributed by atoms with Crippen LogP contribution in [0.2, 0.25) is 0 Å². The topological polar surface area (TPSA) is 118 Å². The molecular formula is C24H27N3O5S. The van der Waals surface area contributed by atoms with E-state index in [0.29, 0.717) is 5.69 Å². The van der Waals surface area contributed by atoms with Crippen molar-refractivity contribution in [2.45, 2.75) is 51.3 Å². The third kappa shape index (κ3) is 7.01. The monoisotopic (exact) mass is 469 g/mol. The standard InChI is InChI=1S/C24H27N3O5S/c1-24(2,3)32-23(31)27-19(11-16-9-6-8-15-7-4-5-10-18(15)16)21(28)26-20(22(29)30)12-17-13-33-14-25-17/h4-10,13-14,19-20H,11-12H2,1-3H3,(H,26,28)(H,27,31)(H,29,30)/t19-,20?/m0/s1. The van der Waals surface area contributed by atoms with Crippen molar-refractivity contribution in [3.05, 3.63) is 64.6 Å². The van der Waals surface area contributed by atoms with Gasteiger partial charge in [0.1, 0.15) is 17.7 Å². The van der Waals surface area contributed by atoms with Crippen molar-refractivity contribution in [2.24, 2.45) is 0 Å². The number of hydrogen-bond acceptors (Lipinski definition) is 6. The number of ether oxygens (including phenoxy) is 1. The normalized spacial score (nSPS) is 13.2. The highest BCUT2D eigenvalue weighted by Gasteiger charge is 2.29. The van der Waals surface area contributed by atoms with Crippen LogP contribution in [0.4, 0.5) is 4.79 Å². The maximum absolute atomic E-state index is 13.2. The lowest BCUT2D eigenvalue weighted by atomic mass is 9.98. The minimum atomic E-state index is -1.19. The number of carbonyl (C=O) groups excluding carboxylic acids is 2. The lowest BCUT2D eigenvalue weighted by molar-refractivity contribution is -0.142. The fraction of sp³-hybridized carbons (Fsp3) is 0.333. The van der Waals surface area contributed by atoms with E-state index < -0.39 is 35.7 Å². The predicted molar refractivity (Wildman–Crippen MR) is 126 cm³/mol. The molecule has 3 N–H and O–H groups in total. The molecule has 2 atom stereocenters. The van der Waals surface area contributed by atoms with Crippen LogP contribution < -0.4 is 10.6 Å². The molecule has 0 saturated heterocycles. The Hall–Kier alpha value is -3.46. The molecule has 0 fully saturated rings. The molecule has 174 valence electrons. The van der Waals surface area contributed by atoms with Gasteiger partial charge in [-0.05, 0) is 37.1 Å². The van der Waals surface area contributed by atoms with Gasteiger partial charge >= 0.3 is 12.1 Å². The van der Waals surface area contributed by atoms with Gasteiger partial charge in [0.15, 0.2) is 0 Å². The zero-order valence-corrected chi connectivity index (χ0v) is 19.5. The number of nitrogens with zero attached hydrogens (tertiary/aromatic N) is 1. The fourth-order valence-corrected chi connectivity index (χ4v) is 3.94. The van der Waals surface area contributed by atoms with Gasteiger partial charge in [0.25, 0.3) is 0 Å². The molecule has 0 saturated carbocycles. The zero-order chi connectivity index (χ0) is 24.0. The van der Waals surface area contributed by atoms with E-state index in [2.05, 4.69) is 15.6 Å². The summed E-state index contributed by atoms with van der Waals surface area (Å²) in [6.07, 6.45) is -0.553. The second-order valence-corrected chi connectivity index (χ2v) is 9.34. The summed E-state index contributed by atoms with van der Waals surface area (Å²) in [5, 5.41) is 18.4. The summed E-state index contributed by atoms with van der Waals surface area (Å²) in [5.41, 5.74) is 2.26. The molecule has 3 rings (SSSR count). The first kappa shape index (κ1) is 24.2. The molecule has 8 nitrogen and oxygen atoms in total. The third-order valence-electron chi connectivity index (χ3n) is 4.82. The van der Waals surface area contributed by atoms with E-state index >= 15 is 0 Å². The molecule has 1 heterocycles. The van der Waals surface area contributed by atoms with Crippen LogP contribution >= 0.6 is 11.3 Å². The number of thiazole rings is 1. The summed E-state index contributed by atoms with van der Waals surface area (Å²) in [4.78, 5) is 41.5. The van der Waals surface area contributed by atoms with Gasteiger partial charge in [-0.25, -0.2) is 14.6 Å². The molecule has 33 heavy (non-hydrogen) atoms. The van der Waals surface area contributed by atoms with Crippen LogP contribution in [-0.2, 0) is 27.2 Å². The molecule has 3 aromatic rings. The number of aromatic nitrogens is 1. The molecule has 2 amide bonds. The Morgan fingerprint density at radius 1 is 1.03 bits per heavy atom. The van der Waals surface area contributed by atoms with E-state index in [1.807, 2.05) is 42.5 Å². The number of rotatable bonds is 8. The van der Waals surface area contributed by atoms with Crippen LogP contribution in [0.25, 0.3) is 10.8 Å². The van der Waals surface area contributed by atoms with Gasteiger partial charge in [-0.2, -0.15) is 0 Å². The Balaban J connectivity index is 1.84. The van der Waals surface area contributed by atoms with Gasteiger partial charge in [-0.15, -0.1) is 11.3 Å². The summed E-state index contributed by atoms with van der Waals surface area (Å²) in [6.45, 7) is 5.17. The van der Waals surface area contributed by atoms with Crippen LogP contribution in [0.1, 0.15) is 32.0 Å². The van der Waals surface area contributed by atoms with Crippen LogP contribution in [0.15, 0.2) is 53.4 Å². The highest BCUT2D eigenvalue weighted by molar-refractivity contribution is 7.07. The molecule has 0 radical (unpaired) electrons. The van der Waals surface area contributed by atoms with Crippen LogP contribution in [0.3, 0.4) is 0 Å². The molecule has 0 bridgehead atoms. The quantitative estimate of drug-likeness (QED) is 0.464. The lowest BCUT2D eigenvalue weighted by Crippen LogP contribution is -2.53. The second-order valence-electron chi connectivity index (χ2n) is 8.62. The Morgan fingerprint density at radius 3 is 2.42 bits per heavy atom. The van der Waals surface area contributed by atoms with E-state index in [-0.39, 0.29) is 12.8 Å². The smallest absolute Gasteiger partial charge is 0.408 e. The Labute approximate surface area is 196 Å². The maximum Gasteiger partial charge on any atom is 0.408 e. The third-order valence-corrected chi connectivity index (χ3v) is 5.46. The Morgan fingerprint density at radius 2 is 1.76 bits per heavy atom. The number of carbonyl (C=O) groups is 3. The number of nitrogens with one attached hydrogen (secondary N) is 2. The zero-order valence-electron chi connectivity index (χ0n) is 18.7. The number of amides is 2. The van der Waals surface area contributed by atoms with Crippen LogP contribution in [0, 0.1) is 0 Å². The molecule has 0 aliphatic rings. The molecular weight excluding hydrogens is 442 g/mol. The first-order valence-electron chi connectivity index (χ1n) is 10.5. The van der Waals surface area contributed by atoms with Gasteiger partial charge in [0.2, 0.25) is 5.91 Å². The minimum Gasteiger partial charge on any atom is -0.480 e. The van der Waals surface area contributed by atoms with Crippen molar-refractivity contribution in [2.75, 3.05) is 0 Å². The summed E-state index contributed by atoms with van der Waals surface area (Å²) < 4.78 is 5.33. The van der Waals surface area contributed by atoms with Crippen molar-refractivity contribution in [1.82, 2.24) is 15.6 Å². The van der Waals surface area contributed by atoms with Gasteiger partial charge in [-0.3, -0.25) is 4.79 Å². The summed E-state index contributed by atoms with van der Waals surface area (Å²) in [5.74, 6) is -1.80. The minimum absolute atomic E-state index is 0.0397. The van der Waals surface area contributed by atoms with E-state index in [0.717, 1.165) is 16.3 Å². The maximum atomic E-state index is 13.2. The van der Waals surface area contributed by atoms with E-state index in [9.17, 15) is 19.5 Å². The van der Waals surface area contributed by atoms with Crippen LogP contribution in [-0.4, -0.2) is 45.7 Å². The van der Waals surface area contributed by atoms with E-state index in [1.165, 1.54) is 11.3 Å². The van der Waals surface area contributed by atoms with E-state index in [4.69, 9.17) is 4.74 Å². The highest BCUT2D eigenvalue weighted by Crippen LogP contribution is 2.20. The van der Waals surface area contributed by atoms with E-state index in [1.54, 1.807) is 31.7 Å². The first-order valence-corrected chi connectivity index (χ1v) is 11.4. The Bertz CT molecular complexity index is 1120. The molecule has 2 aromatic carbocycles. The number of carboxylic acid groups (broad SMARTS) is 1. The van der Waals surface area contributed by atoms with Crippen LogP contribution in [0.5, 0.6) is 0 Å². The van der Waals surface area contributed by atoms with Crippen molar-refractivity contribution in [3.8, 4) is 0 Å². The second kappa shape index (κ2) is 10.4. The molecule has 0 aliphatic carbocycles. The average Bonchev–Trinajstić information content (AvgIpc) is 3.24. The number of hydrogen-bond donors (Lipinski definition) is 3. The predicted octanol–water partition coefficient (Wildman–Crippen LogP) is 3.54. The molecule has 0 aliphatic heterocycles. The number of benzene rings is 2. The van der Waals surface area contributed by atoms with Crippen molar-refractivity contribution in [1.29, 1.82) is 0 Å². The highest BCUT2D eigenvalue weighted by atomic mass is 32.1. The van der Waals surface area contributed by atoms with Gasteiger partial charge < -0.3 is 20.5 Å². The number of fused-ring (bicyclic) bond motifs is 1. The van der Waals surface area contributed by atoms with Crippen molar-refractivity contribution < 1.29 is 24.2 Å². The number of alkyl carbamates (subject to hydrolysis) is 1. The first-order chi connectivity index (χ1) is 15.6. The van der Waals surface area contributed by atoms with Gasteiger partial charge in [0.05, 0.1) is 11.2 Å². The van der Waals surface area contributed by atoms with Crippen molar-refractivity contribution >= 4 is 40.1 Å². The molecule has 9 heteroatoms. The summed E-state index contributed by atoms with van der Waals surface area (Å²) in [6, 6.07) is 11.2.